The van der Waals surface area contributed by atoms with Gasteiger partial charge in [0.2, 0.25) is 10.0 Å². The van der Waals surface area contributed by atoms with E-state index in [-0.39, 0.29) is 29.0 Å². The summed E-state index contributed by atoms with van der Waals surface area (Å²) in [6.45, 7) is 6.03. The van der Waals surface area contributed by atoms with Crippen LogP contribution in [0.4, 0.5) is 0 Å². The van der Waals surface area contributed by atoms with E-state index in [2.05, 4.69) is 9.88 Å². The van der Waals surface area contributed by atoms with Crippen LogP contribution in [0.2, 0.25) is 0 Å². The Kier molecular flexibility index (Phi) is 5.20. The van der Waals surface area contributed by atoms with Gasteiger partial charge in [-0.1, -0.05) is 32.3 Å². The second kappa shape index (κ2) is 6.09. The monoisotopic (exact) mass is 291 g/mol. The van der Waals surface area contributed by atoms with Gasteiger partial charge in [0.25, 0.3) is 0 Å². The van der Waals surface area contributed by atoms with Crippen molar-refractivity contribution >= 4 is 15.9 Å². The topological polar surface area (TPSA) is 105 Å². The quantitative estimate of drug-likeness (QED) is 0.307. The van der Waals surface area contributed by atoms with Gasteiger partial charge in [-0.3, -0.25) is 0 Å². The van der Waals surface area contributed by atoms with Crippen molar-refractivity contribution in [3.63, 3.8) is 0 Å². The zero-order valence-corrected chi connectivity index (χ0v) is 12.7. The first kappa shape index (κ1) is 16.2. The summed E-state index contributed by atoms with van der Waals surface area (Å²) >= 11 is 0. The lowest BCUT2D eigenvalue weighted by Crippen LogP contribution is -2.43. The van der Waals surface area contributed by atoms with Crippen LogP contribution in [0.15, 0.2) is 5.16 Å². The molecule has 1 rings (SSSR count). The molecule has 1 aliphatic rings. The molecule has 19 heavy (non-hydrogen) atoms. The molecule has 2 unspecified atom stereocenters. The van der Waals surface area contributed by atoms with Crippen molar-refractivity contribution in [1.29, 1.82) is 0 Å². The van der Waals surface area contributed by atoms with Gasteiger partial charge in [0.05, 0.1) is 5.75 Å². The Hall–Kier alpha value is -0.820. The number of nitrogens with two attached hydrogens (primary N) is 1. The van der Waals surface area contributed by atoms with Gasteiger partial charge in [-0.05, 0) is 24.7 Å². The molecular weight excluding hydrogens is 266 g/mol. The highest BCUT2D eigenvalue weighted by atomic mass is 32.2. The van der Waals surface area contributed by atoms with Gasteiger partial charge in [-0.15, -0.1) is 0 Å². The van der Waals surface area contributed by atoms with Crippen LogP contribution in [0.5, 0.6) is 0 Å². The fraction of sp³-hybridized carbons (Fsp3) is 0.917. The molecule has 0 heterocycles. The van der Waals surface area contributed by atoms with Crippen molar-refractivity contribution in [1.82, 2.24) is 4.72 Å². The number of hydrogen-bond acceptors (Lipinski definition) is 4. The van der Waals surface area contributed by atoms with E-state index in [1.807, 2.05) is 20.8 Å². The Morgan fingerprint density at radius 1 is 1.42 bits per heavy atom. The van der Waals surface area contributed by atoms with Crippen molar-refractivity contribution in [2.24, 2.45) is 22.2 Å². The second-order valence-electron chi connectivity index (χ2n) is 6.42. The zero-order chi connectivity index (χ0) is 14.7. The number of sulfonamides is 1. The van der Waals surface area contributed by atoms with Crippen molar-refractivity contribution in [2.75, 3.05) is 5.75 Å². The normalized spacial score (nSPS) is 25.7. The molecule has 0 aliphatic heterocycles. The van der Waals surface area contributed by atoms with Crippen LogP contribution in [-0.2, 0) is 10.0 Å². The molecule has 0 spiro atoms. The van der Waals surface area contributed by atoms with Gasteiger partial charge < -0.3 is 10.9 Å². The van der Waals surface area contributed by atoms with Crippen LogP contribution in [0.3, 0.4) is 0 Å². The van der Waals surface area contributed by atoms with E-state index in [4.69, 9.17) is 10.9 Å². The SMILES string of the molecule is CC(C)(C)CCS(=O)(=O)NC1CCCC1C(N)=NO. The molecule has 0 aromatic rings. The van der Waals surface area contributed by atoms with Gasteiger partial charge in [-0.2, -0.15) is 0 Å². The van der Waals surface area contributed by atoms with Crippen molar-refractivity contribution < 1.29 is 13.6 Å². The van der Waals surface area contributed by atoms with Gasteiger partial charge in [0, 0.05) is 12.0 Å². The second-order valence-corrected chi connectivity index (χ2v) is 8.29. The van der Waals surface area contributed by atoms with Crippen LogP contribution in [0, 0.1) is 11.3 Å². The van der Waals surface area contributed by atoms with Crippen molar-refractivity contribution in [2.45, 2.75) is 52.5 Å². The first-order chi connectivity index (χ1) is 8.64. The van der Waals surface area contributed by atoms with Crippen LogP contribution in [-0.4, -0.2) is 31.3 Å². The zero-order valence-electron chi connectivity index (χ0n) is 11.9. The number of nitrogens with zero attached hydrogens (tertiary/aromatic N) is 1. The Bertz CT molecular complexity index is 426. The van der Waals surface area contributed by atoms with Gasteiger partial charge in [-0.25, -0.2) is 13.1 Å². The van der Waals surface area contributed by atoms with E-state index in [1.165, 1.54) is 0 Å². The Balaban J connectivity index is 2.62. The summed E-state index contributed by atoms with van der Waals surface area (Å²) in [6, 6.07) is -0.249. The smallest absolute Gasteiger partial charge is 0.211 e. The molecule has 0 saturated heterocycles. The summed E-state index contributed by atoms with van der Waals surface area (Å²) in [5.41, 5.74) is 5.58. The number of rotatable bonds is 5. The highest BCUT2D eigenvalue weighted by molar-refractivity contribution is 7.89. The lowest BCUT2D eigenvalue weighted by Gasteiger charge is -2.22. The maximum absolute atomic E-state index is 12.0. The van der Waals surface area contributed by atoms with E-state index in [1.54, 1.807) is 0 Å². The molecule has 7 heteroatoms. The largest absolute Gasteiger partial charge is 0.409 e. The summed E-state index contributed by atoms with van der Waals surface area (Å²) < 4.78 is 26.8. The molecule has 0 bridgehead atoms. The van der Waals surface area contributed by atoms with Crippen molar-refractivity contribution in [3.8, 4) is 0 Å². The summed E-state index contributed by atoms with van der Waals surface area (Å²) in [6.07, 6.45) is 2.97. The third kappa shape index (κ3) is 5.36. The lowest BCUT2D eigenvalue weighted by molar-refractivity contribution is 0.312. The summed E-state index contributed by atoms with van der Waals surface area (Å²) in [7, 11) is -3.32. The van der Waals surface area contributed by atoms with E-state index >= 15 is 0 Å². The first-order valence-electron chi connectivity index (χ1n) is 6.62. The Morgan fingerprint density at radius 3 is 2.58 bits per heavy atom. The molecule has 0 aromatic heterocycles. The predicted molar refractivity (Wildman–Crippen MR) is 75.5 cm³/mol. The number of hydrogen-bond donors (Lipinski definition) is 3. The molecule has 0 radical (unpaired) electrons. The first-order valence-corrected chi connectivity index (χ1v) is 8.27. The van der Waals surface area contributed by atoms with Gasteiger partial charge in [0.15, 0.2) is 0 Å². The third-order valence-electron chi connectivity index (χ3n) is 3.46. The summed E-state index contributed by atoms with van der Waals surface area (Å²) in [5.74, 6) is 0.0195. The fourth-order valence-corrected chi connectivity index (χ4v) is 4.00. The molecule has 2 atom stereocenters. The van der Waals surface area contributed by atoms with Crippen LogP contribution in [0.1, 0.15) is 46.5 Å². The molecule has 0 amide bonds. The molecule has 1 saturated carbocycles. The number of oxime groups is 1. The molecule has 1 aliphatic carbocycles. The standard InChI is InChI=1S/C12H25N3O3S/c1-12(2,3)7-8-19(17,18)15-10-6-4-5-9(10)11(13)14-16/h9-10,15-16H,4-8H2,1-3H3,(H2,13,14). The predicted octanol–water partition coefficient (Wildman–Crippen LogP) is 1.26. The van der Waals surface area contributed by atoms with Gasteiger partial charge >= 0.3 is 0 Å². The third-order valence-corrected chi connectivity index (χ3v) is 4.87. The summed E-state index contributed by atoms with van der Waals surface area (Å²) in [4.78, 5) is 0. The average Bonchev–Trinajstić information content (AvgIpc) is 2.72. The fourth-order valence-electron chi connectivity index (χ4n) is 2.26. The molecule has 4 N–H and O–H groups in total. The molecule has 1 fully saturated rings. The highest BCUT2D eigenvalue weighted by Crippen LogP contribution is 2.27. The Morgan fingerprint density at radius 2 is 2.05 bits per heavy atom. The van der Waals surface area contributed by atoms with Gasteiger partial charge in [0.1, 0.15) is 5.84 Å². The van der Waals surface area contributed by atoms with Crippen LogP contribution >= 0.6 is 0 Å². The minimum absolute atomic E-state index is 0.0184. The average molecular weight is 291 g/mol. The minimum Gasteiger partial charge on any atom is -0.409 e. The Labute approximate surface area is 115 Å². The van der Waals surface area contributed by atoms with E-state index in [0.717, 1.165) is 19.3 Å². The van der Waals surface area contributed by atoms with E-state index in [9.17, 15) is 8.42 Å². The van der Waals surface area contributed by atoms with Crippen LogP contribution in [0.25, 0.3) is 0 Å². The maximum atomic E-state index is 12.0. The van der Waals surface area contributed by atoms with Crippen molar-refractivity contribution in [3.05, 3.63) is 0 Å². The summed E-state index contributed by atoms with van der Waals surface area (Å²) in [5, 5.41) is 11.7. The number of amidine groups is 1. The highest BCUT2D eigenvalue weighted by Gasteiger charge is 2.33. The minimum atomic E-state index is -3.32. The molecule has 112 valence electrons. The maximum Gasteiger partial charge on any atom is 0.211 e. The molecule has 6 nitrogen and oxygen atoms in total. The number of nitrogens with one attached hydrogen (secondary N) is 1. The molecule has 0 aromatic carbocycles. The van der Waals surface area contributed by atoms with E-state index in [0.29, 0.717) is 6.42 Å². The lowest BCUT2D eigenvalue weighted by atomic mass is 9.94. The molecular formula is C12H25N3O3S. The van der Waals surface area contributed by atoms with E-state index < -0.39 is 10.0 Å². The van der Waals surface area contributed by atoms with Crippen LogP contribution < -0.4 is 10.5 Å².